The Morgan fingerprint density at radius 3 is 0.903 bits per heavy atom. The minimum atomic E-state index is -0.789. The Balaban J connectivity index is 4.22. The summed E-state index contributed by atoms with van der Waals surface area (Å²) in [6.07, 6.45) is 82.1. The molecule has 6 nitrogen and oxygen atoms in total. The fraction of sp³-hybridized carbons (Fsp3) is 0.652. The van der Waals surface area contributed by atoms with Crippen molar-refractivity contribution in [3.8, 4) is 0 Å². The van der Waals surface area contributed by atoms with Crippen LogP contribution in [0.5, 0.6) is 0 Å². The first-order valence-corrected chi connectivity index (χ1v) is 29.5. The molecule has 0 aromatic carbocycles. The molecule has 0 aliphatic rings. The first-order chi connectivity index (χ1) is 35.5. The van der Waals surface area contributed by atoms with E-state index in [-0.39, 0.29) is 31.1 Å². The van der Waals surface area contributed by atoms with E-state index < -0.39 is 6.10 Å². The molecule has 0 radical (unpaired) electrons. The lowest BCUT2D eigenvalue weighted by Gasteiger charge is -2.18. The molecule has 0 saturated heterocycles. The molecule has 0 aromatic rings. The Kier molecular flexibility index (Phi) is 55.9. The summed E-state index contributed by atoms with van der Waals surface area (Å²) in [6.45, 7) is 6.44. The van der Waals surface area contributed by atoms with Gasteiger partial charge in [-0.2, -0.15) is 0 Å². The molecule has 0 N–H and O–H groups in total. The summed E-state index contributed by atoms with van der Waals surface area (Å²) in [4.78, 5) is 38.0. The van der Waals surface area contributed by atoms with Crippen molar-refractivity contribution >= 4 is 17.9 Å². The zero-order valence-corrected chi connectivity index (χ0v) is 46.7. The third-order valence-electron chi connectivity index (χ3n) is 12.2. The van der Waals surface area contributed by atoms with Crippen LogP contribution in [0.2, 0.25) is 0 Å². The van der Waals surface area contributed by atoms with Crippen LogP contribution in [-0.2, 0) is 28.6 Å². The summed E-state index contributed by atoms with van der Waals surface area (Å²) in [5.74, 6) is -0.922. The molecular formula is C66H108O6. The van der Waals surface area contributed by atoms with E-state index in [1.54, 1.807) is 0 Å². The number of ether oxygens (including phenoxy) is 3. The Labute approximate surface area is 443 Å². The van der Waals surface area contributed by atoms with Crippen molar-refractivity contribution in [2.75, 3.05) is 13.2 Å². The number of rotatable bonds is 52. The Morgan fingerprint density at radius 2 is 0.556 bits per heavy atom. The minimum Gasteiger partial charge on any atom is -0.462 e. The van der Waals surface area contributed by atoms with E-state index in [0.29, 0.717) is 19.3 Å². The molecule has 0 amide bonds. The molecule has 0 heterocycles. The lowest BCUT2D eigenvalue weighted by Crippen LogP contribution is -2.30. The molecule has 1 atom stereocenters. The molecular weight excluding hydrogens is 889 g/mol. The maximum Gasteiger partial charge on any atom is 0.306 e. The average Bonchev–Trinajstić information content (AvgIpc) is 3.38. The molecule has 0 spiro atoms. The molecule has 0 rings (SSSR count). The third kappa shape index (κ3) is 56.7. The largest absolute Gasteiger partial charge is 0.462 e. The fourth-order valence-electron chi connectivity index (χ4n) is 7.77. The van der Waals surface area contributed by atoms with Gasteiger partial charge in [0.25, 0.3) is 0 Å². The molecule has 0 aromatic heterocycles. The summed E-state index contributed by atoms with van der Waals surface area (Å²) < 4.78 is 16.8. The predicted molar refractivity (Wildman–Crippen MR) is 311 cm³/mol. The maximum atomic E-state index is 12.8. The Hall–Kier alpha value is -4.19. The minimum absolute atomic E-state index is 0.0875. The summed E-state index contributed by atoms with van der Waals surface area (Å²) in [5.41, 5.74) is 0. The van der Waals surface area contributed by atoms with E-state index >= 15 is 0 Å². The first-order valence-electron chi connectivity index (χ1n) is 29.5. The van der Waals surface area contributed by atoms with Gasteiger partial charge in [0.05, 0.1) is 0 Å². The summed E-state index contributed by atoms with van der Waals surface area (Å²) in [5, 5.41) is 0. The van der Waals surface area contributed by atoms with Crippen molar-refractivity contribution in [3.63, 3.8) is 0 Å². The van der Waals surface area contributed by atoms with Crippen LogP contribution in [0, 0.1) is 0 Å². The van der Waals surface area contributed by atoms with E-state index in [1.807, 2.05) is 0 Å². The number of hydrogen-bond donors (Lipinski definition) is 0. The second kappa shape index (κ2) is 59.4. The highest BCUT2D eigenvalue weighted by atomic mass is 16.6. The number of allylic oxidation sites excluding steroid dienone is 20. The van der Waals surface area contributed by atoms with Crippen LogP contribution in [0.1, 0.15) is 258 Å². The molecule has 0 bridgehead atoms. The molecule has 72 heavy (non-hydrogen) atoms. The second-order valence-electron chi connectivity index (χ2n) is 19.2. The predicted octanol–water partition coefficient (Wildman–Crippen LogP) is 20.0. The first kappa shape index (κ1) is 67.8. The quantitative estimate of drug-likeness (QED) is 0.0261. The SMILES string of the molecule is CC/C=C\C/C=C\C/C=C\C/C=C\C/C=C\C/C=C\C/C=C\C/C=C\C/C=C\CCCCCCCC(=O)OCC(COC(=O)CCCCCCCCCCCC)OC(=O)CCCCCCC/C=C\CCCC. The van der Waals surface area contributed by atoms with E-state index in [1.165, 1.54) is 70.6 Å². The van der Waals surface area contributed by atoms with Crippen molar-refractivity contribution < 1.29 is 28.6 Å². The molecule has 408 valence electrons. The van der Waals surface area contributed by atoms with E-state index in [4.69, 9.17) is 14.2 Å². The van der Waals surface area contributed by atoms with Crippen LogP contribution in [0.3, 0.4) is 0 Å². The van der Waals surface area contributed by atoms with Gasteiger partial charge >= 0.3 is 17.9 Å². The van der Waals surface area contributed by atoms with Gasteiger partial charge in [0.2, 0.25) is 0 Å². The third-order valence-corrected chi connectivity index (χ3v) is 12.2. The van der Waals surface area contributed by atoms with Gasteiger partial charge in [0.1, 0.15) is 13.2 Å². The second-order valence-corrected chi connectivity index (χ2v) is 19.2. The lowest BCUT2D eigenvalue weighted by atomic mass is 10.1. The Morgan fingerprint density at radius 1 is 0.292 bits per heavy atom. The number of carbonyl (C=O) groups excluding carboxylic acids is 3. The molecule has 0 aliphatic heterocycles. The molecule has 6 heteroatoms. The summed E-state index contributed by atoms with van der Waals surface area (Å²) >= 11 is 0. The van der Waals surface area contributed by atoms with Gasteiger partial charge in [-0.3, -0.25) is 14.4 Å². The maximum absolute atomic E-state index is 12.8. The summed E-state index contributed by atoms with van der Waals surface area (Å²) in [6, 6.07) is 0. The Bertz CT molecular complexity index is 1520. The normalized spacial score (nSPS) is 13.0. The monoisotopic (exact) mass is 997 g/mol. The fourth-order valence-corrected chi connectivity index (χ4v) is 7.77. The zero-order chi connectivity index (χ0) is 52.2. The van der Waals surface area contributed by atoms with Crippen molar-refractivity contribution in [2.24, 2.45) is 0 Å². The van der Waals surface area contributed by atoms with Crippen LogP contribution in [-0.4, -0.2) is 37.2 Å². The van der Waals surface area contributed by atoms with Crippen molar-refractivity contribution in [1.82, 2.24) is 0 Å². The highest BCUT2D eigenvalue weighted by molar-refractivity contribution is 5.71. The number of carbonyl (C=O) groups is 3. The topological polar surface area (TPSA) is 78.9 Å². The van der Waals surface area contributed by atoms with Gasteiger partial charge in [0.15, 0.2) is 6.10 Å². The smallest absolute Gasteiger partial charge is 0.306 e. The van der Waals surface area contributed by atoms with Crippen molar-refractivity contribution in [1.29, 1.82) is 0 Å². The van der Waals surface area contributed by atoms with Crippen molar-refractivity contribution in [2.45, 2.75) is 264 Å². The molecule has 0 saturated carbocycles. The van der Waals surface area contributed by atoms with Crippen LogP contribution < -0.4 is 0 Å². The molecule has 1 unspecified atom stereocenters. The van der Waals surface area contributed by atoms with E-state index in [9.17, 15) is 14.4 Å². The van der Waals surface area contributed by atoms with Crippen molar-refractivity contribution in [3.05, 3.63) is 122 Å². The average molecular weight is 998 g/mol. The van der Waals surface area contributed by atoms with Crippen LogP contribution >= 0.6 is 0 Å². The van der Waals surface area contributed by atoms with E-state index in [2.05, 4.69) is 142 Å². The van der Waals surface area contributed by atoms with Crippen LogP contribution in [0.15, 0.2) is 122 Å². The van der Waals surface area contributed by atoms with E-state index in [0.717, 1.165) is 148 Å². The van der Waals surface area contributed by atoms with Gasteiger partial charge in [-0.15, -0.1) is 0 Å². The zero-order valence-electron chi connectivity index (χ0n) is 46.7. The van der Waals surface area contributed by atoms with Gasteiger partial charge in [-0.25, -0.2) is 0 Å². The van der Waals surface area contributed by atoms with Gasteiger partial charge < -0.3 is 14.2 Å². The van der Waals surface area contributed by atoms with Crippen LogP contribution in [0.25, 0.3) is 0 Å². The van der Waals surface area contributed by atoms with Gasteiger partial charge in [0, 0.05) is 19.3 Å². The number of esters is 3. The highest BCUT2D eigenvalue weighted by Gasteiger charge is 2.19. The lowest BCUT2D eigenvalue weighted by molar-refractivity contribution is -0.167. The standard InChI is InChI=1S/C66H108O6/c1-4-7-10-13-16-19-22-23-24-25-26-27-28-29-30-31-32-33-34-35-36-37-38-39-40-41-42-43-45-47-50-53-56-59-65(68)71-62-63(61-70-64(67)58-55-52-49-46-21-18-15-12-9-6-3)72-66(69)60-57-54-51-48-44-20-17-14-11-8-5-2/h7,10,14,16-17,19,23-24,26-27,29-30,32-33,35-36,38-39,41-42,63H,4-6,8-9,11-13,15,18,20-22,25,28,31,34,37,40,43-62H2,1-3H3/b10-7-,17-14-,19-16-,24-23-,27-26-,30-29-,33-32-,36-35-,39-38-,42-41-. The van der Waals surface area contributed by atoms with Crippen LogP contribution in [0.4, 0.5) is 0 Å². The highest BCUT2D eigenvalue weighted by Crippen LogP contribution is 2.14. The molecule has 0 aliphatic carbocycles. The number of unbranched alkanes of at least 4 members (excludes halogenated alkanes) is 21. The summed E-state index contributed by atoms with van der Waals surface area (Å²) in [7, 11) is 0. The van der Waals surface area contributed by atoms with Gasteiger partial charge in [-0.1, -0.05) is 251 Å². The van der Waals surface area contributed by atoms with Gasteiger partial charge in [-0.05, 0) is 109 Å². The molecule has 0 fully saturated rings. The number of hydrogen-bond acceptors (Lipinski definition) is 6.